The largest absolute Gasteiger partial charge is 0.480 e. The number of aryl methyl sites for hydroxylation is 2. The van der Waals surface area contributed by atoms with Gasteiger partial charge in [0.25, 0.3) is 0 Å². The Labute approximate surface area is 126 Å². The van der Waals surface area contributed by atoms with Crippen LogP contribution in [0.2, 0.25) is 5.15 Å². The first-order chi connectivity index (χ1) is 9.91. The van der Waals surface area contributed by atoms with Crippen LogP contribution in [0.25, 0.3) is 6.08 Å². The van der Waals surface area contributed by atoms with Crippen molar-refractivity contribution in [2.75, 3.05) is 19.8 Å². The van der Waals surface area contributed by atoms with Crippen LogP contribution < -0.4 is 0 Å². The van der Waals surface area contributed by atoms with Crippen LogP contribution >= 0.6 is 11.6 Å². The van der Waals surface area contributed by atoms with Gasteiger partial charge >= 0.3 is 5.97 Å². The SMILES string of the molecule is Cc1nn(C)c(Cl)c1/C=C\C(=O)N1CCOC[C@H]1C(=O)O. The van der Waals surface area contributed by atoms with Gasteiger partial charge in [-0.25, -0.2) is 4.79 Å². The third-order valence-electron chi connectivity index (χ3n) is 3.29. The molecule has 0 saturated carbocycles. The number of aliphatic carboxylic acids is 1. The molecule has 1 atom stereocenters. The molecule has 114 valence electrons. The van der Waals surface area contributed by atoms with E-state index in [1.54, 1.807) is 20.0 Å². The van der Waals surface area contributed by atoms with Crippen LogP contribution in [0.15, 0.2) is 6.08 Å². The van der Waals surface area contributed by atoms with Crippen LogP contribution in [0.1, 0.15) is 11.3 Å². The molecule has 8 heteroatoms. The van der Waals surface area contributed by atoms with E-state index in [2.05, 4.69) is 5.10 Å². The zero-order valence-corrected chi connectivity index (χ0v) is 12.5. The molecular weight excluding hydrogens is 298 g/mol. The van der Waals surface area contributed by atoms with Crippen LogP contribution in [-0.4, -0.2) is 57.5 Å². The van der Waals surface area contributed by atoms with Gasteiger partial charge in [0, 0.05) is 25.2 Å². The number of nitrogens with zero attached hydrogens (tertiary/aromatic N) is 3. The number of hydrogen-bond acceptors (Lipinski definition) is 4. The molecule has 21 heavy (non-hydrogen) atoms. The topological polar surface area (TPSA) is 84.7 Å². The van der Waals surface area contributed by atoms with E-state index in [0.29, 0.717) is 23.0 Å². The molecule has 1 N–H and O–H groups in total. The van der Waals surface area contributed by atoms with Crippen LogP contribution in [-0.2, 0) is 21.4 Å². The second kappa shape index (κ2) is 6.28. The highest BCUT2D eigenvalue weighted by molar-refractivity contribution is 6.31. The average Bonchev–Trinajstić information content (AvgIpc) is 2.70. The summed E-state index contributed by atoms with van der Waals surface area (Å²) in [6.45, 7) is 2.36. The summed E-state index contributed by atoms with van der Waals surface area (Å²) in [4.78, 5) is 24.6. The monoisotopic (exact) mass is 313 g/mol. The van der Waals surface area contributed by atoms with Crippen LogP contribution in [0.4, 0.5) is 0 Å². The Morgan fingerprint density at radius 2 is 2.24 bits per heavy atom. The van der Waals surface area contributed by atoms with Gasteiger partial charge in [-0.1, -0.05) is 11.6 Å². The standard InChI is InChI=1S/C13H16ClN3O4/c1-8-9(12(14)16(2)15-8)3-4-11(18)17-5-6-21-7-10(17)13(19)20/h3-4,10H,5-7H2,1-2H3,(H,19,20)/b4-3-/t10-/m0/s1. The Morgan fingerprint density at radius 1 is 1.52 bits per heavy atom. The van der Waals surface area contributed by atoms with Crippen molar-refractivity contribution in [3.8, 4) is 0 Å². The quantitative estimate of drug-likeness (QED) is 0.831. The summed E-state index contributed by atoms with van der Waals surface area (Å²) in [5.74, 6) is -1.46. The number of carboxylic acid groups (broad SMARTS) is 1. The van der Waals surface area contributed by atoms with Gasteiger partial charge in [-0.15, -0.1) is 0 Å². The number of aromatic nitrogens is 2. The maximum absolute atomic E-state index is 12.2. The lowest BCUT2D eigenvalue weighted by Crippen LogP contribution is -2.52. The number of rotatable bonds is 3. The number of carbonyl (C=O) groups is 2. The second-order valence-electron chi connectivity index (χ2n) is 4.71. The minimum Gasteiger partial charge on any atom is -0.480 e. The molecule has 1 aliphatic heterocycles. The fourth-order valence-electron chi connectivity index (χ4n) is 2.16. The lowest BCUT2D eigenvalue weighted by atomic mass is 10.2. The first-order valence-electron chi connectivity index (χ1n) is 6.40. The fraction of sp³-hybridized carbons (Fsp3) is 0.462. The second-order valence-corrected chi connectivity index (χ2v) is 5.07. The molecule has 1 amide bonds. The number of carboxylic acids is 1. The highest BCUT2D eigenvalue weighted by atomic mass is 35.5. The van der Waals surface area contributed by atoms with Crippen molar-refractivity contribution in [2.24, 2.45) is 7.05 Å². The van der Waals surface area contributed by atoms with Crippen molar-refractivity contribution in [3.05, 3.63) is 22.5 Å². The maximum atomic E-state index is 12.2. The molecule has 0 bridgehead atoms. The number of hydrogen-bond donors (Lipinski definition) is 1. The normalized spacial score (nSPS) is 19.2. The first-order valence-corrected chi connectivity index (χ1v) is 6.78. The molecule has 2 heterocycles. The predicted octanol–water partition coefficient (Wildman–Crippen LogP) is 0.707. The number of carbonyl (C=O) groups excluding carboxylic acids is 1. The van der Waals surface area contributed by atoms with E-state index in [1.807, 2.05) is 0 Å². The zero-order chi connectivity index (χ0) is 15.6. The van der Waals surface area contributed by atoms with Gasteiger partial charge in [-0.05, 0) is 13.0 Å². The van der Waals surface area contributed by atoms with E-state index >= 15 is 0 Å². The lowest BCUT2D eigenvalue weighted by Gasteiger charge is -2.31. The fourth-order valence-corrected chi connectivity index (χ4v) is 2.40. The third-order valence-corrected chi connectivity index (χ3v) is 3.73. The van der Waals surface area contributed by atoms with Gasteiger partial charge < -0.3 is 14.7 Å². The van der Waals surface area contributed by atoms with Gasteiger partial charge in [0.15, 0.2) is 6.04 Å². The molecule has 0 spiro atoms. The van der Waals surface area contributed by atoms with Crippen LogP contribution in [0.3, 0.4) is 0 Å². The Kier molecular flexibility index (Phi) is 4.64. The van der Waals surface area contributed by atoms with Crippen molar-refractivity contribution in [2.45, 2.75) is 13.0 Å². The van der Waals surface area contributed by atoms with E-state index in [1.165, 1.54) is 15.7 Å². The van der Waals surface area contributed by atoms with E-state index < -0.39 is 12.0 Å². The highest BCUT2D eigenvalue weighted by Gasteiger charge is 2.31. The Morgan fingerprint density at radius 3 is 2.81 bits per heavy atom. The number of halogens is 1. The van der Waals surface area contributed by atoms with Crippen LogP contribution in [0, 0.1) is 6.92 Å². The highest BCUT2D eigenvalue weighted by Crippen LogP contribution is 2.20. The van der Waals surface area contributed by atoms with Crippen molar-refractivity contribution in [3.63, 3.8) is 0 Å². The summed E-state index contributed by atoms with van der Waals surface area (Å²) in [7, 11) is 1.71. The smallest absolute Gasteiger partial charge is 0.328 e. The van der Waals surface area contributed by atoms with E-state index in [9.17, 15) is 9.59 Å². The molecular formula is C13H16ClN3O4. The van der Waals surface area contributed by atoms with Crippen molar-refractivity contribution < 1.29 is 19.4 Å². The third kappa shape index (κ3) is 3.25. The molecule has 1 aliphatic rings. The molecule has 7 nitrogen and oxygen atoms in total. The van der Waals surface area contributed by atoms with Crippen molar-refractivity contribution in [1.29, 1.82) is 0 Å². The maximum Gasteiger partial charge on any atom is 0.328 e. The molecule has 0 aromatic carbocycles. The first kappa shape index (κ1) is 15.5. The number of morpholine rings is 1. The van der Waals surface area contributed by atoms with Crippen molar-refractivity contribution in [1.82, 2.24) is 14.7 Å². The summed E-state index contributed by atoms with van der Waals surface area (Å²) >= 11 is 6.07. The summed E-state index contributed by atoms with van der Waals surface area (Å²) in [6.07, 6.45) is 2.87. The molecule has 1 aromatic rings. The van der Waals surface area contributed by atoms with Gasteiger partial charge in [-0.2, -0.15) is 5.10 Å². The molecule has 1 saturated heterocycles. The molecule has 2 rings (SSSR count). The Hall–Kier alpha value is -1.86. The van der Waals surface area contributed by atoms with Gasteiger partial charge in [0.2, 0.25) is 5.91 Å². The van der Waals surface area contributed by atoms with Crippen LogP contribution in [0.5, 0.6) is 0 Å². The van der Waals surface area contributed by atoms with Gasteiger partial charge in [0.05, 0.1) is 18.9 Å². The summed E-state index contributed by atoms with van der Waals surface area (Å²) in [6, 6.07) is -0.957. The summed E-state index contributed by atoms with van der Waals surface area (Å²) < 4.78 is 6.60. The van der Waals surface area contributed by atoms with E-state index in [0.717, 1.165) is 0 Å². The molecule has 0 aliphatic carbocycles. The minimum atomic E-state index is -1.08. The molecule has 1 aromatic heterocycles. The zero-order valence-electron chi connectivity index (χ0n) is 11.7. The minimum absolute atomic E-state index is 0.00158. The predicted molar refractivity (Wildman–Crippen MR) is 75.9 cm³/mol. The summed E-state index contributed by atoms with van der Waals surface area (Å²) in [5.41, 5.74) is 1.34. The van der Waals surface area contributed by atoms with E-state index in [4.69, 9.17) is 21.4 Å². The summed E-state index contributed by atoms with van der Waals surface area (Å²) in [5, 5.41) is 13.7. The number of amides is 1. The van der Waals surface area contributed by atoms with E-state index in [-0.39, 0.29) is 19.1 Å². The Balaban J connectivity index is 2.16. The average molecular weight is 314 g/mol. The van der Waals surface area contributed by atoms with Gasteiger partial charge in [0.1, 0.15) is 5.15 Å². The Bertz CT molecular complexity index is 596. The van der Waals surface area contributed by atoms with Crippen molar-refractivity contribution >= 4 is 29.6 Å². The van der Waals surface area contributed by atoms with Gasteiger partial charge in [-0.3, -0.25) is 9.48 Å². The number of ether oxygens (including phenoxy) is 1. The lowest BCUT2D eigenvalue weighted by molar-refractivity contribution is -0.156. The molecule has 0 radical (unpaired) electrons. The molecule has 0 unspecified atom stereocenters. The molecule has 1 fully saturated rings.